The molecule has 0 spiro atoms. The van der Waals surface area contributed by atoms with Crippen LogP contribution in [0.1, 0.15) is 30.0 Å². The van der Waals surface area contributed by atoms with E-state index in [2.05, 4.69) is 5.32 Å². The molecule has 0 unspecified atom stereocenters. The normalized spacial score (nSPS) is 12.9. The minimum Gasteiger partial charge on any atom is -0.494 e. The quantitative estimate of drug-likeness (QED) is 0.607. The van der Waals surface area contributed by atoms with E-state index in [4.69, 9.17) is 4.74 Å². The molecule has 0 fully saturated rings. The summed E-state index contributed by atoms with van der Waals surface area (Å²) < 4.78 is 5.44. The minimum atomic E-state index is -0.0721. The molecule has 0 bridgehead atoms. The van der Waals surface area contributed by atoms with E-state index >= 15 is 0 Å². The number of benzene rings is 3. The van der Waals surface area contributed by atoms with Crippen LogP contribution in [0.2, 0.25) is 0 Å². The lowest BCUT2D eigenvalue weighted by Gasteiger charge is -2.30. The molecule has 3 aromatic carbocycles. The Kier molecular flexibility index (Phi) is 6.32. The zero-order valence-corrected chi connectivity index (χ0v) is 17.6. The highest BCUT2D eigenvalue weighted by molar-refractivity contribution is 5.97. The number of hydrogen-bond acceptors (Lipinski definition) is 3. The van der Waals surface area contributed by atoms with Gasteiger partial charge in [0.15, 0.2) is 0 Å². The Morgan fingerprint density at radius 1 is 0.968 bits per heavy atom. The minimum absolute atomic E-state index is 0.0721. The molecular formula is C26H26N2O3. The molecule has 0 radical (unpaired) electrons. The Bertz CT molecular complexity index is 1060. The summed E-state index contributed by atoms with van der Waals surface area (Å²) in [6, 6.07) is 23.3. The van der Waals surface area contributed by atoms with Crippen molar-refractivity contribution in [1.82, 2.24) is 0 Å². The Labute approximate surface area is 182 Å². The van der Waals surface area contributed by atoms with Crippen LogP contribution in [0.5, 0.6) is 5.75 Å². The third-order valence-electron chi connectivity index (χ3n) is 5.35. The van der Waals surface area contributed by atoms with Gasteiger partial charge in [-0.2, -0.15) is 0 Å². The highest BCUT2D eigenvalue weighted by atomic mass is 16.5. The first-order valence-electron chi connectivity index (χ1n) is 10.6. The molecular weight excluding hydrogens is 388 g/mol. The average molecular weight is 415 g/mol. The molecule has 158 valence electrons. The molecule has 1 aliphatic rings. The van der Waals surface area contributed by atoms with Crippen molar-refractivity contribution in [2.75, 3.05) is 16.8 Å². The van der Waals surface area contributed by atoms with Gasteiger partial charge in [-0.25, -0.2) is 0 Å². The first kappa shape index (κ1) is 20.7. The van der Waals surface area contributed by atoms with E-state index in [0.29, 0.717) is 32.4 Å². The fourth-order valence-corrected chi connectivity index (χ4v) is 3.84. The third kappa shape index (κ3) is 5.12. The van der Waals surface area contributed by atoms with Crippen LogP contribution < -0.4 is 15.0 Å². The number of amides is 2. The Morgan fingerprint density at radius 3 is 2.48 bits per heavy atom. The number of anilines is 2. The van der Waals surface area contributed by atoms with Crippen LogP contribution >= 0.6 is 0 Å². The van der Waals surface area contributed by atoms with Gasteiger partial charge in [0.05, 0.1) is 19.6 Å². The summed E-state index contributed by atoms with van der Waals surface area (Å²) in [4.78, 5) is 26.9. The highest BCUT2D eigenvalue weighted by Crippen LogP contribution is 2.31. The van der Waals surface area contributed by atoms with Gasteiger partial charge in [-0.3, -0.25) is 9.59 Å². The summed E-state index contributed by atoms with van der Waals surface area (Å²) >= 11 is 0. The van der Waals surface area contributed by atoms with Crippen molar-refractivity contribution in [2.24, 2.45) is 0 Å². The van der Waals surface area contributed by atoms with Crippen LogP contribution in [0.3, 0.4) is 0 Å². The molecule has 1 N–H and O–H groups in total. The lowest BCUT2D eigenvalue weighted by atomic mass is 9.99. The molecule has 0 aromatic heterocycles. The molecule has 4 rings (SSSR count). The molecule has 0 atom stereocenters. The van der Waals surface area contributed by atoms with Gasteiger partial charge in [-0.05, 0) is 60.4 Å². The van der Waals surface area contributed by atoms with Crippen molar-refractivity contribution in [2.45, 2.75) is 32.7 Å². The predicted octanol–water partition coefficient (Wildman–Crippen LogP) is 4.75. The molecule has 1 heterocycles. The van der Waals surface area contributed by atoms with Crippen LogP contribution in [-0.2, 0) is 29.0 Å². The maximum Gasteiger partial charge on any atom is 0.228 e. The predicted molar refractivity (Wildman–Crippen MR) is 122 cm³/mol. The van der Waals surface area contributed by atoms with E-state index in [1.165, 1.54) is 0 Å². The largest absolute Gasteiger partial charge is 0.494 e. The molecule has 0 saturated carbocycles. The lowest BCUT2D eigenvalue weighted by Crippen LogP contribution is -2.34. The molecule has 5 heteroatoms. The van der Waals surface area contributed by atoms with Crippen LogP contribution in [0.15, 0.2) is 72.8 Å². The van der Waals surface area contributed by atoms with Gasteiger partial charge in [0, 0.05) is 17.8 Å². The lowest BCUT2D eigenvalue weighted by molar-refractivity contribution is -0.119. The van der Waals surface area contributed by atoms with Crippen LogP contribution in [0.4, 0.5) is 11.4 Å². The first-order chi connectivity index (χ1) is 15.1. The molecule has 31 heavy (non-hydrogen) atoms. The monoisotopic (exact) mass is 414 g/mol. The molecule has 3 aromatic rings. The second kappa shape index (κ2) is 9.47. The number of rotatable bonds is 7. The molecule has 5 nitrogen and oxygen atoms in total. The molecule has 1 aliphatic heterocycles. The van der Waals surface area contributed by atoms with E-state index in [0.717, 1.165) is 33.8 Å². The van der Waals surface area contributed by atoms with Gasteiger partial charge in [-0.1, -0.05) is 42.5 Å². The van der Waals surface area contributed by atoms with Crippen LogP contribution in [0, 0.1) is 0 Å². The summed E-state index contributed by atoms with van der Waals surface area (Å²) in [5, 5.41) is 2.98. The topological polar surface area (TPSA) is 58.6 Å². The number of hydrogen-bond donors (Lipinski definition) is 1. The van der Waals surface area contributed by atoms with Crippen molar-refractivity contribution in [3.05, 3.63) is 89.5 Å². The van der Waals surface area contributed by atoms with Gasteiger partial charge in [0.1, 0.15) is 5.75 Å². The van der Waals surface area contributed by atoms with E-state index in [1.807, 2.05) is 84.6 Å². The summed E-state index contributed by atoms with van der Waals surface area (Å²) in [5.74, 6) is 0.858. The summed E-state index contributed by atoms with van der Waals surface area (Å²) in [5.41, 5.74) is 4.78. The van der Waals surface area contributed by atoms with E-state index < -0.39 is 0 Å². The second-order valence-corrected chi connectivity index (χ2v) is 7.61. The van der Waals surface area contributed by atoms with Gasteiger partial charge >= 0.3 is 0 Å². The van der Waals surface area contributed by atoms with Gasteiger partial charge in [-0.15, -0.1) is 0 Å². The van der Waals surface area contributed by atoms with Crippen molar-refractivity contribution >= 4 is 23.2 Å². The molecule has 0 aliphatic carbocycles. The third-order valence-corrected chi connectivity index (χ3v) is 5.35. The number of ether oxygens (including phenoxy) is 1. The van der Waals surface area contributed by atoms with Crippen molar-refractivity contribution in [3.63, 3.8) is 0 Å². The second-order valence-electron chi connectivity index (χ2n) is 7.61. The standard InChI is InChI=1S/C26H26N2O3/c1-2-31-23-12-8-19(9-13-23)16-25(29)27-22-11-14-24-21(17-22)10-15-26(30)28(24)18-20-6-4-3-5-7-20/h3-9,11-14,17H,2,10,15-16,18H2,1H3,(H,27,29). The van der Waals surface area contributed by atoms with Crippen molar-refractivity contribution in [3.8, 4) is 5.75 Å². The number of carbonyl (C=O) groups is 2. The number of carbonyl (C=O) groups excluding carboxylic acids is 2. The fourth-order valence-electron chi connectivity index (χ4n) is 3.84. The van der Waals surface area contributed by atoms with E-state index in [9.17, 15) is 9.59 Å². The van der Waals surface area contributed by atoms with Crippen molar-refractivity contribution < 1.29 is 14.3 Å². The van der Waals surface area contributed by atoms with Crippen molar-refractivity contribution in [1.29, 1.82) is 0 Å². The molecule has 0 saturated heterocycles. The van der Waals surface area contributed by atoms with Gasteiger partial charge < -0.3 is 15.0 Å². The number of nitrogens with zero attached hydrogens (tertiary/aromatic N) is 1. The average Bonchev–Trinajstić information content (AvgIpc) is 2.78. The van der Waals surface area contributed by atoms with E-state index in [1.54, 1.807) is 0 Å². The summed E-state index contributed by atoms with van der Waals surface area (Å²) in [7, 11) is 0. The zero-order chi connectivity index (χ0) is 21.6. The fraction of sp³-hybridized carbons (Fsp3) is 0.231. The Balaban J connectivity index is 1.44. The van der Waals surface area contributed by atoms with Crippen LogP contribution in [-0.4, -0.2) is 18.4 Å². The first-order valence-corrected chi connectivity index (χ1v) is 10.6. The van der Waals surface area contributed by atoms with Gasteiger partial charge in [0.2, 0.25) is 11.8 Å². The van der Waals surface area contributed by atoms with Crippen LogP contribution in [0.25, 0.3) is 0 Å². The number of fused-ring (bicyclic) bond motifs is 1. The van der Waals surface area contributed by atoms with Gasteiger partial charge in [0.25, 0.3) is 0 Å². The zero-order valence-electron chi connectivity index (χ0n) is 17.6. The maximum absolute atomic E-state index is 12.5. The number of nitrogens with one attached hydrogen (secondary N) is 1. The maximum atomic E-state index is 12.5. The van der Waals surface area contributed by atoms with E-state index in [-0.39, 0.29) is 11.8 Å². The molecule has 2 amide bonds. The highest BCUT2D eigenvalue weighted by Gasteiger charge is 2.24. The SMILES string of the molecule is CCOc1ccc(CC(=O)Nc2ccc3c(c2)CCC(=O)N3Cc2ccccc2)cc1. The summed E-state index contributed by atoms with van der Waals surface area (Å²) in [6.07, 6.45) is 1.45. The summed E-state index contributed by atoms with van der Waals surface area (Å²) in [6.45, 7) is 3.11. The Morgan fingerprint density at radius 2 is 1.74 bits per heavy atom. The Hall–Kier alpha value is -3.60. The smallest absolute Gasteiger partial charge is 0.228 e. The number of aryl methyl sites for hydroxylation is 1.